The maximum atomic E-state index is 9.99. The lowest BCUT2D eigenvalue weighted by Gasteiger charge is -2.32. The van der Waals surface area contributed by atoms with Gasteiger partial charge in [-0.25, -0.2) is 0 Å². The Hall–Kier alpha value is -1.45. The number of allylic oxidation sites excluding steroid dienone is 5. The fraction of sp³-hybridized carbons (Fsp3) is 0.700. The van der Waals surface area contributed by atoms with Crippen molar-refractivity contribution in [3.05, 3.63) is 48.1 Å². The molecule has 0 bridgehead atoms. The van der Waals surface area contributed by atoms with Crippen LogP contribution in [0.2, 0.25) is 0 Å². The van der Waals surface area contributed by atoms with E-state index in [9.17, 15) is 5.11 Å². The van der Waals surface area contributed by atoms with Crippen molar-refractivity contribution >= 4 is 5.71 Å². The standard InChI is InChI=1S/C30H47NO2/c1-4-5-6-9-23(2)29(19-21-33-28-17-18-30(32)24(3)22-28)26-14-11-25(12-15-26)13-16-27-10-7-8-20-31-27/h6-7,9-10,19,24-26,28,30,32H,2,4-5,8,11-18,20-22H2,1,3H3/b9-6-,29-19-/t24?,25?,26?,28-,30+/m0/s1. The summed E-state index contributed by atoms with van der Waals surface area (Å²) in [6, 6.07) is 0. The van der Waals surface area contributed by atoms with Gasteiger partial charge in [0.25, 0.3) is 0 Å². The summed E-state index contributed by atoms with van der Waals surface area (Å²) in [6.45, 7) is 10.4. The van der Waals surface area contributed by atoms with E-state index in [1.54, 1.807) is 0 Å². The zero-order valence-corrected chi connectivity index (χ0v) is 21.2. The monoisotopic (exact) mass is 453 g/mol. The third-order valence-corrected chi connectivity index (χ3v) is 7.87. The molecule has 1 N–H and O–H groups in total. The van der Waals surface area contributed by atoms with Gasteiger partial charge in [0.2, 0.25) is 0 Å². The van der Waals surface area contributed by atoms with E-state index in [4.69, 9.17) is 4.74 Å². The Labute approximate surface area is 202 Å². The van der Waals surface area contributed by atoms with Gasteiger partial charge in [-0.1, -0.05) is 51.2 Å². The van der Waals surface area contributed by atoms with Crippen molar-refractivity contribution in [2.75, 3.05) is 13.2 Å². The highest BCUT2D eigenvalue weighted by molar-refractivity contribution is 5.95. The highest BCUT2D eigenvalue weighted by Crippen LogP contribution is 2.38. The minimum atomic E-state index is -0.157. The fourth-order valence-electron chi connectivity index (χ4n) is 5.64. The molecule has 3 atom stereocenters. The van der Waals surface area contributed by atoms with Gasteiger partial charge in [-0.3, -0.25) is 4.99 Å². The second-order valence-corrected chi connectivity index (χ2v) is 10.5. The van der Waals surface area contributed by atoms with Gasteiger partial charge in [0.05, 0.1) is 18.8 Å². The minimum Gasteiger partial charge on any atom is -0.393 e. The summed E-state index contributed by atoms with van der Waals surface area (Å²) in [5, 5.41) is 9.99. The Morgan fingerprint density at radius 1 is 1.21 bits per heavy atom. The molecule has 3 nitrogen and oxygen atoms in total. The van der Waals surface area contributed by atoms with Crippen LogP contribution in [0.3, 0.4) is 0 Å². The largest absolute Gasteiger partial charge is 0.393 e. The first kappa shape index (κ1) is 26.2. The van der Waals surface area contributed by atoms with Crippen LogP contribution in [0, 0.1) is 17.8 Å². The average molecular weight is 454 g/mol. The molecule has 1 aliphatic heterocycles. The van der Waals surface area contributed by atoms with Gasteiger partial charge in [-0.2, -0.15) is 0 Å². The molecular formula is C30H47NO2. The zero-order chi connectivity index (χ0) is 23.5. The van der Waals surface area contributed by atoms with Crippen LogP contribution in [0.15, 0.2) is 53.1 Å². The van der Waals surface area contributed by atoms with Crippen LogP contribution < -0.4 is 0 Å². The topological polar surface area (TPSA) is 41.8 Å². The van der Waals surface area contributed by atoms with Gasteiger partial charge in [-0.15, -0.1) is 0 Å². The maximum absolute atomic E-state index is 9.99. The van der Waals surface area contributed by atoms with Crippen LogP contribution in [-0.4, -0.2) is 36.2 Å². The molecule has 1 heterocycles. The van der Waals surface area contributed by atoms with Crippen molar-refractivity contribution < 1.29 is 9.84 Å². The van der Waals surface area contributed by atoms with Gasteiger partial charge in [0.15, 0.2) is 0 Å². The number of unbranched alkanes of at least 4 members (excludes halogenated alkanes) is 1. The van der Waals surface area contributed by atoms with Crippen molar-refractivity contribution in [1.82, 2.24) is 0 Å². The van der Waals surface area contributed by atoms with Crippen molar-refractivity contribution in [3.8, 4) is 0 Å². The number of ether oxygens (including phenoxy) is 1. The first-order valence-electron chi connectivity index (χ1n) is 13.6. The minimum absolute atomic E-state index is 0.157. The zero-order valence-electron chi connectivity index (χ0n) is 21.2. The summed E-state index contributed by atoms with van der Waals surface area (Å²) in [6.07, 6.45) is 25.2. The van der Waals surface area contributed by atoms with Crippen molar-refractivity contribution in [2.45, 2.75) is 103 Å². The molecule has 2 fully saturated rings. The molecular weight excluding hydrogens is 406 g/mol. The number of dihydropyridines is 1. The van der Waals surface area contributed by atoms with Crippen molar-refractivity contribution in [1.29, 1.82) is 0 Å². The van der Waals surface area contributed by atoms with E-state index in [1.165, 1.54) is 55.4 Å². The lowest BCUT2D eigenvalue weighted by atomic mass is 9.75. The van der Waals surface area contributed by atoms with E-state index in [2.05, 4.69) is 55.8 Å². The van der Waals surface area contributed by atoms with Crippen LogP contribution in [0.4, 0.5) is 0 Å². The van der Waals surface area contributed by atoms with E-state index >= 15 is 0 Å². The molecule has 0 aromatic rings. The van der Waals surface area contributed by atoms with E-state index in [-0.39, 0.29) is 12.2 Å². The van der Waals surface area contributed by atoms with E-state index in [1.807, 2.05) is 0 Å². The summed E-state index contributed by atoms with van der Waals surface area (Å²) in [4.78, 5) is 4.67. The Morgan fingerprint density at radius 3 is 2.73 bits per heavy atom. The molecule has 0 aromatic carbocycles. The van der Waals surface area contributed by atoms with Gasteiger partial charge in [0.1, 0.15) is 0 Å². The molecule has 0 spiro atoms. The number of hydrogen-bond acceptors (Lipinski definition) is 3. The molecule has 3 rings (SSSR count). The number of aliphatic hydroxyl groups excluding tert-OH is 1. The number of aliphatic hydroxyl groups is 1. The van der Waals surface area contributed by atoms with Crippen LogP contribution in [-0.2, 0) is 4.74 Å². The number of hydrogen-bond donors (Lipinski definition) is 1. The first-order valence-corrected chi connectivity index (χ1v) is 13.6. The SMILES string of the molecule is C=C(/C=C\CCC)/C(=C/CO[C@H]1CC[C@@H](O)C(C)C1)C1CCC(CCC2=NCCC=C2)CC1. The molecule has 0 saturated heterocycles. The van der Waals surface area contributed by atoms with Crippen LogP contribution >= 0.6 is 0 Å². The second-order valence-electron chi connectivity index (χ2n) is 10.5. The van der Waals surface area contributed by atoms with Gasteiger partial charge in [0, 0.05) is 12.3 Å². The number of nitrogens with zero attached hydrogens (tertiary/aromatic N) is 1. The molecule has 0 radical (unpaired) electrons. The normalized spacial score (nSPS) is 31.1. The third kappa shape index (κ3) is 8.68. The van der Waals surface area contributed by atoms with Gasteiger partial charge >= 0.3 is 0 Å². The second kappa shape index (κ2) is 14.1. The molecule has 184 valence electrons. The number of rotatable bonds is 11. The summed E-state index contributed by atoms with van der Waals surface area (Å²) in [5.41, 5.74) is 3.88. The maximum Gasteiger partial charge on any atom is 0.0657 e. The van der Waals surface area contributed by atoms with Crippen LogP contribution in [0.1, 0.15) is 90.9 Å². The van der Waals surface area contributed by atoms with Crippen LogP contribution in [0.5, 0.6) is 0 Å². The smallest absolute Gasteiger partial charge is 0.0657 e. The average Bonchev–Trinajstić information content (AvgIpc) is 2.84. The lowest BCUT2D eigenvalue weighted by molar-refractivity contribution is -0.0196. The molecule has 3 aliphatic rings. The summed E-state index contributed by atoms with van der Waals surface area (Å²) in [5.74, 6) is 1.77. The highest BCUT2D eigenvalue weighted by Gasteiger charge is 2.27. The van der Waals surface area contributed by atoms with Crippen LogP contribution in [0.25, 0.3) is 0 Å². The van der Waals surface area contributed by atoms with Gasteiger partial charge in [-0.05, 0) is 106 Å². The Bertz CT molecular complexity index is 724. The number of aliphatic imine (C=N–C) groups is 1. The van der Waals surface area contributed by atoms with Crippen molar-refractivity contribution in [2.24, 2.45) is 22.7 Å². The molecule has 2 saturated carbocycles. The first-order chi connectivity index (χ1) is 16.1. The predicted octanol–water partition coefficient (Wildman–Crippen LogP) is 7.38. The predicted molar refractivity (Wildman–Crippen MR) is 141 cm³/mol. The Kier molecular flexibility index (Phi) is 11.1. The molecule has 0 aromatic heterocycles. The molecule has 1 unspecified atom stereocenters. The van der Waals surface area contributed by atoms with Crippen molar-refractivity contribution in [3.63, 3.8) is 0 Å². The summed E-state index contributed by atoms with van der Waals surface area (Å²) >= 11 is 0. The molecule has 33 heavy (non-hydrogen) atoms. The Morgan fingerprint density at radius 2 is 2.03 bits per heavy atom. The third-order valence-electron chi connectivity index (χ3n) is 7.87. The lowest BCUT2D eigenvalue weighted by Crippen LogP contribution is -2.31. The van der Waals surface area contributed by atoms with E-state index in [0.29, 0.717) is 18.4 Å². The summed E-state index contributed by atoms with van der Waals surface area (Å²) in [7, 11) is 0. The van der Waals surface area contributed by atoms with E-state index in [0.717, 1.165) is 51.0 Å². The molecule has 3 heteroatoms. The van der Waals surface area contributed by atoms with Gasteiger partial charge < -0.3 is 9.84 Å². The highest BCUT2D eigenvalue weighted by atomic mass is 16.5. The van der Waals surface area contributed by atoms with E-state index < -0.39 is 0 Å². The Balaban J connectivity index is 1.52. The fourth-order valence-corrected chi connectivity index (χ4v) is 5.64. The quantitative estimate of drug-likeness (QED) is 0.332. The summed E-state index contributed by atoms with van der Waals surface area (Å²) < 4.78 is 6.25. The molecule has 2 aliphatic carbocycles. The molecule has 0 amide bonds.